The Kier molecular flexibility index (Phi) is 5.39. The van der Waals surface area contributed by atoms with Crippen LogP contribution in [0.5, 0.6) is 0 Å². The molecule has 0 bridgehead atoms. The quantitative estimate of drug-likeness (QED) is 0.763. The van der Waals surface area contributed by atoms with Crippen LogP contribution in [0, 0.1) is 23.5 Å². The molecule has 1 aromatic rings. The second-order valence-electron chi connectivity index (χ2n) is 5.86. The fourth-order valence-electron chi connectivity index (χ4n) is 3.31. The first kappa shape index (κ1) is 15.7. The van der Waals surface area contributed by atoms with Gasteiger partial charge in [-0.15, -0.1) is 0 Å². The van der Waals surface area contributed by atoms with Gasteiger partial charge in [0.2, 0.25) is 0 Å². The molecule has 1 saturated carbocycles. The average Bonchev–Trinajstić information content (AvgIpc) is 2.40. The third-order valence-corrected chi connectivity index (χ3v) is 4.54. The Bertz CT molecular complexity index is 464. The van der Waals surface area contributed by atoms with Crippen LogP contribution in [0.4, 0.5) is 8.78 Å². The summed E-state index contributed by atoms with van der Waals surface area (Å²) in [6.07, 6.45) is 4.51. The van der Waals surface area contributed by atoms with Gasteiger partial charge in [0.15, 0.2) is 0 Å². The zero-order valence-corrected chi connectivity index (χ0v) is 12.8. The molecule has 20 heavy (non-hydrogen) atoms. The molecular formula is C16H22ClF2N. The number of hydrogen-bond acceptors (Lipinski definition) is 1. The summed E-state index contributed by atoms with van der Waals surface area (Å²) in [4.78, 5) is 0. The molecule has 3 unspecified atom stereocenters. The molecule has 0 saturated heterocycles. The molecule has 3 atom stereocenters. The standard InChI is InChI=1S/C16H22ClF2N/c1-3-20-16(11-6-4-5-10(2)7-11)12-8-15(19)13(17)9-14(12)18/h8-11,16,20H,3-7H2,1-2H3. The van der Waals surface area contributed by atoms with Crippen molar-refractivity contribution in [1.82, 2.24) is 5.32 Å². The molecule has 1 N–H and O–H groups in total. The van der Waals surface area contributed by atoms with Gasteiger partial charge in [-0.1, -0.05) is 38.3 Å². The summed E-state index contributed by atoms with van der Waals surface area (Å²) in [5.74, 6) is 0.0410. The van der Waals surface area contributed by atoms with E-state index in [2.05, 4.69) is 12.2 Å². The second kappa shape index (κ2) is 6.86. The van der Waals surface area contributed by atoms with Crippen molar-refractivity contribution in [2.24, 2.45) is 11.8 Å². The second-order valence-corrected chi connectivity index (χ2v) is 6.26. The Balaban J connectivity index is 2.30. The van der Waals surface area contributed by atoms with E-state index in [4.69, 9.17) is 11.6 Å². The molecule has 1 aliphatic carbocycles. The van der Waals surface area contributed by atoms with Crippen molar-refractivity contribution in [2.75, 3.05) is 6.54 Å². The maximum Gasteiger partial charge on any atom is 0.142 e. The van der Waals surface area contributed by atoms with E-state index in [0.29, 0.717) is 17.4 Å². The highest BCUT2D eigenvalue weighted by atomic mass is 35.5. The van der Waals surface area contributed by atoms with Crippen LogP contribution in [-0.4, -0.2) is 6.54 Å². The van der Waals surface area contributed by atoms with Crippen molar-refractivity contribution >= 4 is 11.6 Å². The smallest absolute Gasteiger partial charge is 0.142 e. The van der Waals surface area contributed by atoms with Gasteiger partial charge >= 0.3 is 0 Å². The van der Waals surface area contributed by atoms with E-state index < -0.39 is 11.6 Å². The van der Waals surface area contributed by atoms with Crippen molar-refractivity contribution in [3.8, 4) is 0 Å². The minimum absolute atomic E-state index is 0.130. The van der Waals surface area contributed by atoms with E-state index in [9.17, 15) is 8.78 Å². The van der Waals surface area contributed by atoms with Crippen LogP contribution in [0.3, 0.4) is 0 Å². The van der Waals surface area contributed by atoms with Crippen LogP contribution in [0.25, 0.3) is 0 Å². The lowest BCUT2D eigenvalue weighted by Gasteiger charge is -2.34. The van der Waals surface area contributed by atoms with Crippen LogP contribution in [0.1, 0.15) is 51.1 Å². The highest BCUT2D eigenvalue weighted by molar-refractivity contribution is 6.30. The van der Waals surface area contributed by atoms with E-state index in [1.54, 1.807) is 0 Å². The summed E-state index contributed by atoms with van der Waals surface area (Å²) in [5.41, 5.74) is 0.410. The van der Waals surface area contributed by atoms with E-state index in [-0.39, 0.29) is 11.1 Å². The van der Waals surface area contributed by atoms with Crippen molar-refractivity contribution in [3.63, 3.8) is 0 Å². The monoisotopic (exact) mass is 301 g/mol. The first-order valence-electron chi connectivity index (χ1n) is 7.40. The summed E-state index contributed by atoms with van der Waals surface area (Å²) in [5, 5.41) is 3.17. The molecule has 0 aliphatic heterocycles. The van der Waals surface area contributed by atoms with Gasteiger partial charge in [-0.3, -0.25) is 0 Å². The Labute approximate surface area is 124 Å². The van der Waals surface area contributed by atoms with Gasteiger partial charge in [-0.05, 0) is 43.4 Å². The summed E-state index contributed by atoms with van der Waals surface area (Å²) >= 11 is 5.64. The number of halogens is 3. The zero-order chi connectivity index (χ0) is 14.7. The number of hydrogen-bond donors (Lipinski definition) is 1. The molecule has 1 nitrogen and oxygen atoms in total. The largest absolute Gasteiger partial charge is 0.310 e. The van der Waals surface area contributed by atoms with Gasteiger partial charge in [0.05, 0.1) is 5.02 Å². The van der Waals surface area contributed by atoms with E-state index in [1.807, 2.05) is 6.92 Å². The van der Waals surface area contributed by atoms with Gasteiger partial charge < -0.3 is 5.32 Å². The molecule has 4 heteroatoms. The van der Waals surface area contributed by atoms with Crippen molar-refractivity contribution in [1.29, 1.82) is 0 Å². The molecule has 0 amide bonds. The van der Waals surface area contributed by atoms with E-state index >= 15 is 0 Å². The summed E-state index contributed by atoms with van der Waals surface area (Å²) < 4.78 is 27.8. The molecule has 1 fully saturated rings. The lowest BCUT2D eigenvalue weighted by Crippen LogP contribution is -2.32. The fourth-order valence-corrected chi connectivity index (χ4v) is 3.46. The Morgan fingerprint density at radius 3 is 2.70 bits per heavy atom. The number of benzene rings is 1. The SMILES string of the molecule is CCNC(c1cc(F)c(Cl)cc1F)C1CCCC(C)C1. The molecule has 1 aromatic carbocycles. The molecule has 0 aromatic heterocycles. The van der Waals surface area contributed by atoms with Crippen LogP contribution in [0.2, 0.25) is 5.02 Å². The summed E-state index contributed by atoms with van der Waals surface area (Å²) in [6.45, 7) is 4.95. The third-order valence-electron chi connectivity index (χ3n) is 4.25. The highest BCUT2D eigenvalue weighted by Gasteiger charge is 2.29. The number of rotatable bonds is 4. The van der Waals surface area contributed by atoms with Crippen molar-refractivity contribution in [2.45, 2.75) is 45.6 Å². The van der Waals surface area contributed by atoms with E-state index in [0.717, 1.165) is 31.9 Å². The summed E-state index contributed by atoms with van der Waals surface area (Å²) in [7, 11) is 0. The fraction of sp³-hybridized carbons (Fsp3) is 0.625. The van der Waals surface area contributed by atoms with Crippen LogP contribution in [0.15, 0.2) is 12.1 Å². The number of nitrogens with one attached hydrogen (secondary N) is 1. The lowest BCUT2D eigenvalue weighted by atomic mass is 9.76. The third kappa shape index (κ3) is 3.50. The van der Waals surface area contributed by atoms with Gasteiger partial charge in [0, 0.05) is 11.6 Å². The van der Waals surface area contributed by atoms with Gasteiger partial charge in [-0.2, -0.15) is 0 Å². The molecular weight excluding hydrogens is 280 g/mol. The predicted molar refractivity (Wildman–Crippen MR) is 78.9 cm³/mol. The van der Waals surface area contributed by atoms with Gasteiger partial charge in [0.25, 0.3) is 0 Å². The minimum atomic E-state index is -0.546. The molecule has 1 aliphatic rings. The van der Waals surface area contributed by atoms with Crippen LogP contribution >= 0.6 is 11.6 Å². The first-order valence-corrected chi connectivity index (χ1v) is 7.78. The molecule has 0 radical (unpaired) electrons. The van der Waals surface area contributed by atoms with Gasteiger partial charge in [0.1, 0.15) is 11.6 Å². The average molecular weight is 302 g/mol. The Hall–Kier alpha value is -0.670. The normalized spacial score (nSPS) is 24.6. The molecule has 112 valence electrons. The van der Waals surface area contributed by atoms with E-state index in [1.165, 1.54) is 12.5 Å². The Morgan fingerprint density at radius 1 is 1.30 bits per heavy atom. The Morgan fingerprint density at radius 2 is 2.05 bits per heavy atom. The van der Waals surface area contributed by atoms with Crippen molar-refractivity contribution in [3.05, 3.63) is 34.4 Å². The van der Waals surface area contributed by atoms with Crippen LogP contribution in [-0.2, 0) is 0 Å². The molecule has 2 rings (SSSR count). The van der Waals surface area contributed by atoms with Gasteiger partial charge in [-0.25, -0.2) is 8.78 Å². The molecule has 0 heterocycles. The maximum absolute atomic E-state index is 14.2. The molecule has 0 spiro atoms. The first-order chi connectivity index (χ1) is 9.52. The highest BCUT2D eigenvalue weighted by Crippen LogP contribution is 2.38. The summed E-state index contributed by atoms with van der Waals surface area (Å²) in [6, 6.07) is 2.21. The van der Waals surface area contributed by atoms with Crippen LogP contribution < -0.4 is 5.32 Å². The lowest BCUT2D eigenvalue weighted by molar-refractivity contribution is 0.222. The maximum atomic E-state index is 14.2. The van der Waals surface area contributed by atoms with Crippen molar-refractivity contribution < 1.29 is 8.78 Å². The minimum Gasteiger partial charge on any atom is -0.310 e. The zero-order valence-electron chi connectivity index (χ0n) is 12.1. The predicted octanol–water partition coefficient (Wildman–Crippen LogP) is 5.10. The topological polar surface area (TPSA) is 12.0 Å².